The van der Waals surface area contributed by atoms with Gasteiger partial charge in [0.25, 0.3) is 0 Å². The van der Waals surface area contributed by atoms with E-state index in [1.807, 2.05) is 0 Å². The van der Waals surface area contributed by atoms with E-state index in [9.17, 15) is 19.8 Å². The lowest BCUT2D eigenvalue weighted by atomic mass is 10.0. The molecule has 1 amide bonds. The summed E-state index contributed by atoms with van der Waals surface area (Å²) in [5.41, 5.74) is 0. The smallest absolute Gasteiger partial charge is 0.305 e. The molecule has 2 unspecified atom stereocenters. The van der Waals surface area contributed by atoms with Crippen molar-refractivity contribution >= 4 is 11.9 Å². The van der Waals surface area contributed by atoms with Gasteiger partial charge in [0.2, 0.25) is 5.91 Å². The zero-order chi connectivity index (χ0) is 45.1. The van der Waals surface area contributed by atoms with Crippen molar-refractivity contribution in [2.45, 2.75) is 309 Å². The lowest BCUT2D eigenvalue weighted by Crippen LogP contribution is -2.45. The van der Waals surface area contributed by atoms with E-state index in [-0.39, 0.29) is 18.5 Å². The van der Waals surface area contributed by atoms with Gasteiger partial charge in [-0.15, -0.1) is 0 Å². The summed E-state index contributed by atoms with van der Waals surface area (Å²) in [6.45, 7) is 4.89. The minimum Gasteiger partial charge on any atom is -0.466 e. The van der Waals surface area contributed by atoms with E-state index in [1.165, 1.54) is 199 Å². The van der Waals surface area contributed by atoms with Crippen LogP contribution in [0.3, 0.4) is 0 Å². The Kier molecular flexibility index (Phi) is 50.6. The molecular formula is C56H107NO5. The Bertz CT molecular complexity index is 966. The second kappa shape index (κ2) is 52.0. The molecule has 0 spiro atoms. The van der Waals surface area contributed by atoms with E-state index in [0.717, 1.165) is 64.2 Å². The van der Waals surface area contributed by atoms with Crippen LogP contribution in [0.4, 0.5) is 0 Å². The van der Waals surface area contributed by atoms with Crippen LogP contribution in [-0.2, 0) is 14.3 Å². The van der Waals surface area contributed by atoms with Gasteiger partial charge in [-0.2, -0.15) is 0 Å². The molecule has 0 fully saturated rings. The second-order valence-corrected chi connectivity index (χ2v) is 18.9. The largest absolute Gasteiger partial charge is 0.466 e. The van der Waals surface area contributed by atoms with Crippen molar-refractivity contribution in [3.63, 3.8) is 0 Å². The van der Waals surface area contributed by atoms with Gasteiger partial charge in [0.15, 0.2) is 0 Å². The van der Waals surface area contributed by atoms with Gasteiger partial charge >= 0.3 is 5.97 Å². The number of carbonyl (C=O) groups excluding carboxylic acids is 2. The maximum absolute atomic E-state index is 12.5. The number of carbonyl (C=O) groups is 2. The Balaban J connectivity index is 3.46. The van der Waals surface area contributed by atoms with Gasteiger partial charge in [-0.05, 0) is 51.4 Å². The molecule has 0 aromatic carbocycles. The number of rotatable bonds is 51. The molecule has 0 heterocycles. The number of aliphatic hydroxyl groups is 2. The first-order valence-electron chi connectivity index (χ1n) is 27.6. The van der Waals surface area contributed by atoms with Crippen molar-refractivity contribution in [2.75, 3.05) is 13.2 Å². The molecule has 2 atom stereocenters. The summed E-state index contributed by atoms with van der Waals surface area (Å²) < 4.78 is 5.46. The molecular weight excluding hydrogens is 767 g/mol. The summed E-state index contributed by atoms with van der Waals surface area (Å²) in [5.74, 6) is -0.0664. The first-order chi connectivity index (χ1) is 30.5. The third-order valence-corrected chi connectivity index (χ3v) is 12.8. The first kappa shape index (κ1) is 60.3. The van der Waals surface area contributed by atoms with E-state index in [1.54, 1.807) is 0 Å². The van der Waals surface area contributed by atoms with Crippen LogP contribution in [-0.4, -0.2) is 47.4 Å². The quantitative estimate of drug-likeness (QED) is 0.0321. The molecule has 62 heavy (non-hydrogen) atoms. The van der Waals surface area contributed by atoms with Crippen molar-refractivity contribution < 1.29 is 24.5 Å². The SMILES string of the molecule is CCCC/C=C\C/C=C\CCCCCCCC(=O)OCCCCCCCCCCCCCCCC(=O)NC(CO)C(O)CCCCCCCCCCCCCCCCCCCC. The zero-order valence-electron chi connectivity index (χ0n) is 41.6. The molecule has 0 saturated carbocycles. The molecule has 0 rings (SSSR count). The Morgan fingerprint density at radius 1 is 0.452 bits per heavy atom. The number of ether oxygens (including phenoxy) is 1. The van der Waals surface area contributed by atoms with Gasteiger partial charge in [0, 0.05) is 12.8 Å². The highest BCUT2D eigenvalue weighted by Gasteiger charge is 2.20. The fourth-order valence-corrected chi connectivity index (χ4v) is 8.48. The number of aliphatic hydroxyl groups excluding tert-OH is 2. The summed E-state index contributed by atoms with van der Waals surface area (Å²) in [7, 11) is 0. The Labute approximate surface area is 386 Å². The van der Waals surface area contributed by atoms with E-state index in [2.05, 4.69) is 43.5 Å². The van der Waals surface area contributed by atoms with Gasteiger partial charge in [-0.25, -0.2) is 0 Å². The topological polar surface area (TPSA) is 95.9 Å². The standard InChI is InChI=1S/C56H107NO5/c1-3-5-7-9-11-13-15-17-19-20-21-22-24-28-32-36-40-44-48-54(59)53(52-58)57-55(60)49-45-41-37-33-29-25-23-27-31-35-39-43-47-51-62-56(61)50-46-42-38-34-30-26-18-16-14-12-10-8-6-4-2/h10,12,16,18,53-54,58-59H,3-9,11,13-15,17,19-52H2,1-2H3,(H,57,60)/b12-10-,18-16-. The van der Waals surface area contributed by atoms with Crippen LogP contribution in [0.15, 0.2) is 24.3 Å². The molecule has 0 bridgehead atoms. The van der Waals surface area contributed by atoms with Gasteiger partial charge < -0.3 is 20.3 Å². The number of nitrogens with one attached hydrogen (secondary N) is 1. The fraction of sp³-hybridized carbons (Fsp3) is 0.893. The lowest BCUT2D eigenvalue weighted by molar-refractivity contribution is -0.143. The van der Waals surface area contributed by atoms with Gasteiger partial charge in [-0.1, -0.05) is 256 Å². The Hall–Kier alpha value is -1.66. The molecule has 0 aromatic heterocycles. The van der Waals surface area contributed by atoms with Crippen molar-refractivity contribution in [1.29, 1.82) is 0 Å². The van der Waals surface area contributed by atoms with Crippen molar-refractivity contribution in [1.82, 2.24) is 5.32 Å². The van der Waals surface area contributed by atoms with E-state index < -0.39 is 12.1 Å². The molecule has 366 valence electrons. The van der Waals surface area contributed by atoms with E-state index in [4.69, 9.17) is 4.74 Å². The first-order valence-corrected chi connectivity index (χ1v) is 27.6. The molecule has 0 aliphatic carbocycles. The molecule has 0 aromatic rings. The number of unbranched alkanes of at least 4 members (excludes halogenated alkanes) is 36. The van der Waals surface area contributed by atoms with Crippen LogP contribution < -0.4 is 5.32 Å². The third-order valence-electron chi connectivity index (χ3n) is 12.8. The molecule has 0 aliphatic rings. The highest BCUT2D eigenvalue weighted by molar-refractivity contribution is 5.76. The molecule has 6 nitrogen and oxygen atoms in total. The van der Waals surface area contributed by atoms with Crippen LogP contribution in [0.1, 0.15) is 296 Å². The maximum atomic E-state index is 12.5. The van der Waals surface area contributed by atoms with Crippen LogP contribution in [0.2, 0.25) is 0 Å². The summed E-state index contributed by atoms with van der Waals surface area (Å²) in [6, 6.07) is -0.552. The van der Waals surface area contributed by atoms with Gasteiger partial charge in [-0.3, -0.25) is 9.59 Å². The minimum absolute atomic E-state index is 0.0196. The lowest BCUT2D eigenvalue weighted by Gasteiger charge is -2.22. The second-order valence-electron chi connectivity index (χ2n) is 18.9. The Morgan fingerprint density at radius 2 is 0.823 bits per heavy atom. The van der Waals surface area contributed by atoms with Crippen molar-refractivity contribution in [2.24, 2.45) is 0 Å². The molecule has 0 radical (unpaired) electrons. The minimum atomic E-state index is -0.674. The summed E-state index contributed by atoms with van der Waals surface area (Å²) in [6.07, 6.45) is 61.5. The van der Waals surface area contributed by atoms with E-state index in [0.29, 0.717) is 25.9 Å². The fourth-order valence-electron chi connectivity index (χ4n) is 8.48. The molecule has 3 N–H and O–H groups in total. The normalized spacial score (nSPS) is 12.8. The van der Waals surface area contributed by atoms with Crippen LogP contribution in [0.5, 0.6) is 0 Å². The molecule has 6 heteroatoms. The average Bonchev–Trinajstić information content (AvgIpc) is 3.27. The van der Waals surface area contributed by atoms with Crippen molar-refractivity contribution in [3.05, 3.63) is 24.3 Å². The third kappa shape index (κ3) is 47.8. The number of hydrogen-bond donors (Lipinski definition) is 3. The summed E-state index contributed by atoms with van der Waals surface area (Å²) in [5, 5.41) is 23.3. The van der Waals surface area contributed by atoms with Crippen LogP contribution in [0, 0.1) is 0 Å². The average molecular weight is 874 g/mol. The molecule has 0 aliphatic heterocycles. The van der Waals surface area contributed by atoms with Crippen LogP contribution in [0.25, 0.3) is 0 Å². The van der Waals surface area contributed by atoms with Crippen LogP contribution >= 0.6 is 0 Å². The van der Waals surface area contributed by atoms with E-state index >= 15 is 0 Å². The zero-order valence-corrected chi connectivity index (χ0v) is 41.6. The number of allylic oxidation sites excluding steroid dienone is 4. The number of amides is 1. The summed E-state index contributed by atoms with van der Waals surface area (Å²) in [4.78, 5) is 24.5. The van der Waals surface area contributed by atoms with Crippen molar-refractivity contribution in [3.8, 4) is 0 Å². The monoisotopic (exact) mass is 874 g/mol. The van der Waals surface area contributed by atoms with Gasteiger partial charge in [0.1, 0.15) is 0 Å². The molecule has 0 saturated heterocycles. The highest BCUT2D eigenvalue weighted by atomic mass is 16.5. The summed E-state index contributed by atoms with van der Waals surface area (Å²) >= 11 is 0. The predicted molar refractivity (Wildman–Crippen MR) is 269 cm³/mol. The van der Waals surface area contributed by atoms with Gasteiger partial charge in [0.05, 0.1) is 25.4 Å². The number of esters is 1. The maximum Gasteiger partial charge on any atom is 0.305 e. The Morgan fingerprint density at radius 3 is 1.27 bits per heavy atom. The predicted octanol–water partition coefficient (Wildman–Crippen LogP) is 16.7. The number of hydrogen-bond acceptors (Lipinski definition) is 5. The highest BCUT2D eigenvalue weighted by Crippen LogP contribution is 2.17.